The fourth-order valence-corrected chi connectivity index (χ4v) is 5.92. The summed E-state index contributed by atoms with van der Waals surface area (Å²) in [6.45, 7) is 7.90. The molecule has 2 aromatic rings. The molecule has 0 radical (unpaired) electrons. The van der Waals surface area contributed by atoms with Gasteiger partial charge in [0.1, 0.15) is 0 Å². The fourth-order valence-electron chi connectivity index (χ4n) is 5.92. The lowest BCUT2D eigenvalue weighted by atomic mass is 9.84. The second-order valence-corrected chi connectivity index (χ2v) is 9.84. The van der Waals surface area contributed by atoms with E-state index >= 15 is 0 Å². The molecule has 1 spiro atoms. The molecule has 3 aliphatic rings. The topological polar surface area (TPSA) is 81.9 Å². The number of piperidine rings is 1. The third-order valence-electron chi connectivity index (χ3n) is 7.68. The van der Waals surface area contributed by atoms with E-state index in [0.29, 0.717) is 13.1 Å². The van der Waals surface area contributed by atoms with Crippen molar-refractivity contribution >= 4 is 17.7 Å². The summed E-state index contributed by atoms with van der Waals surface area (Å²) in [5.41, 5.74) is 4.10. The number of aromatic carboxylic acids is 1. The van der Waals surface area contributed by atoms with Crippen molar-refractivity contribution in [2.75, 3.05) is 37.6 Å². The maximum absolute atomic E-state index is 12.8. The largest absolute Gasteiger partial charge is 0.476 e. The Morgan fingerprint density at radius 1 is 1.00 bits per heavy atom. The Morgan fingerprint density at radius 2 is 1.76 bits per heavy atom. The number of hydrogen-bond acceptors (Lipinski definition) is 5. The Kier molecular flexibility index (Phi) is 5.86. The summed E-state index contributed by atoms with van der Waals surface area (Å²) in [5, 5.41) is 13.0. The van der Waals surface area contributed by atoms with Crippen LogP contribution in [0.1, 0.15) is 60.1 Å². The van der Waals surface area contributed by atoms with E-state index in [1.165, 1.54) is 54.8 Å². The van der Waals surface area contributed by atoms with Crippen molar-refractivity contribution in [3.63, 3.8) is 0 Å². The molecular formula is C25H33N5O3. The summed E-state index contributed by atoms with van der Waals surface area (Å²) in [6, 6.07) is 8.13. The van der Waals surface area contributed by atoms with Crippen molar-refractivity contribution in [1.29, 1.82) is 0 Å². The molecule has 3 fully saturated rings. The van der Waals surface area contributed by atoms with Gasteiger partial charge in [-0.1, -0.05) is 6.07 Å². The van der Waals surface area contributed by atoms with Crippen LogP contribution in [0.25, 0.3) is 0 Å². The average molecular weight is 452 g/mol. The van der Waals surface area contributed by atoms with Gasteiger partial charge in [-0.05, 0) is 81.3 Å². The number of carboxylic acids is 1. The smallest absolute Gasteiger partial charge is 0.356 e. The molecule has 1 amide bonds. The number of carbonyl (C=O) groups is 2. The summed E-state index contributed by atoms with van der Waals surface area (Å²) < 4.78 is 1.15. The van der Waals surface area contributed by atoms with E-state index < -0.39 is 5.97 Å². The van der Waals surface area contributed by atoms with Crippen LogP contribution in [0.4, 0.5) is 10.5 Å². The average Bonchev–Trinajstić information content (AvgIpc) is 3.56. The summed E-state index contributed by atoms with van der Waals surface area (Å²) in [5.74, 6) is -1.12. The van der Waals surface area contributed by atoms with Crippen molar-refractivity contribution in [1.82, 2.24) is 19.6 Å². The molecule has 1 aromatic carbocycles. The normalized spacial score (nSPS) is 20.6. The number of likely N-dealkylation sites (tertiary alicyclic amines) is 2. The number of hydrogen-bond donors (Lipinski definition) is 1. The van der Waals surface area contributed by atoms with Gasteiger partial charge in [-0.15, -0.1) is 0 Å². The van der Waals surface area contributed by atoms with Gasteiger partial charge in [0.15, 0.2) is 5.69 Å². The first-order valence-electron chi connectivity index (χ1n) is 12.1. The molecule has 0 saturated carbocycles. The highest BCUT2D eigenvalue weighted by Gasteiger charge is 2.43. The molecule has 0 aliphatic carbocycles. The van der Waals surface area contributed by atoms with Gasteiger partial charge in [0, 0.05) is 50.1 Å². The Labute approximate surface area is 194 Å². The van der Waals surface area contributed by atoms with E-state index in [9.17, 15) is 9.59 Å². The highest BCUT2D eigenvalue weighted by atomic mass is 16.4. The zero-order valence-corrected chi connectivity index (χ0v) is 19.4. The van der Waals surface area contributed by atoms with Crippen molar-refractivity contribution in [2.45, 2.75) is 57.5 Å². The summed E-state index contributed by atoms with van der Waals surface area (Å²) >= 11 is 0. The van der Waals surface area contributed by atoms with Gasteiger partial charge in [0.2, 0.25) is 0 Å². The summed E-state index contributed by atoms with van der Waals surface area (Å²) in [4.78, 5) is 30.9. The Morgan fingerprint density at radius 3 is 2.45 bits per heavy atom. The second kappa shape index (κ2) is 8.82. The molecule has 4 heterocycles. The Hall–Kier alpha value is -2.87. The number of benzene rings is 1. The number of aromatic nitrogens is 2. The van der Waals surface area contributed by atoms with Crippen molar-refractivity contribution in [2.24, 2.45) is 0 Å². The first-order chi connectivity index (χ1) is 15.9. The minimum Gasteiger partial charge on any atom is -0.476 e. The Balaban J connectivity index is 1.25. The van der Waals surface area contributed by atoms with Crippen molar-refractivity contribution in [3.05, 3.63) is 47.3 Å². The van der Waals surface area contributed by atoms with Crippen molar-refractivity contribution in [3.8, 4) is 0 Å². The van der Waals surface area contributed by atoms with E-state index in [1.807, 2.05) is 0 Å². The predicted octanol–water partition coefficient (Wildman–Crippen LogP) is 3.59. The SMILES string of the molecule is Cc1cc(CN2CCCC23CCN(C(=O)n2ccc(C(=O)O)n2)CC3)cc(N2CCCC2)c1. The van der Waals surface area contributed by atoms with Gasteiger partial charge in [0.05, 0.1) is 0 Å². The second-order valence-electron chi connectivity index (χ2n) is 9.84. The highest BCUT2D eigenvalue weighted by Crippen LogP contribution is 2.40. The molecule has 176 valence electrons. The third kappa shape index (κ3) is 4.36. The maximum Gasteiger partial charge on any atom is 0.356 e. The minimum atomic E-state index is -1.12. The molecule has 1 aromatic heterocycles. The lowest BCUT2D eigenvalue weighted by Gasteiger charge is -2.45. The molecule has 0 unspecified atom stereocenters. The zero-order chi connectivity index (χ0) is 23.0. The van der Waals surface area contributed by atoms with Crippen LogP contribution in [0.5, 0.6) is 0 Å². The van der Waals surface area contributed by atoms with E-state index in [1.54, 1.807) is 4.90 Å². The monoisotopic (exact) mass is 451 g/mol. The van der Waals surface area contributed by atoms with E-state index in [0.717, 1.165) is 43.7 Å². The lowest BCUT2D eigenvalue weighted by molar-refractivity contribution is 0.0584. The molecule has 8 nitrogen and oxygen atoms in total. The summed E-state index contributed by atoms with van der Waals surface area (Å²) in [6.07, 6.45) is 8.25. The zero-order valence-electron chi connectivity index (χ0n) is 19.4. The number of rotatable bonds is 4. The molecule has 0 atom stereocenters. The van der Waals surface area contributed by atoms with Crippen LogP contribution >= 0.6 is 0 Å². The highest BCUT2D eigenvalue weighted by molar-refractivity contribution is 5.86. The van der Waals surface area contributed by atoms with E-state index in [-0.39, 0.29) is 17.3 Å². The van der Waals surface area contributed by atoms with E-state index in [2.05, 4.69) is 40.0 Å². The number of aryl methyl sites for hydroxylation is 1. The van der Waals surface area contributed by atoms with Gasteiger partial charge in [-0.3, -0.25) is 4.90 Å². The van der Waals surface area contributed by atoms with Crippen LogP contribution in [0.2, 0.25) is 0 Å². The van der Waals surface area contributed by atoms with Crippen molar-refractivity contribution < 1.29 is 14.7 Å². The predicted molar refractivity (Wildman–Crippen MR) is 126 cm³/mol. The maximum atomic E-state index is 12.8. The molecule has 0 bridgehead atoms. The van der Waals surface area contributed by atoms with Gasteiger partial charge in [-0.25, -0.2) is 9.59 Å². The fraction of sp³-hybridized carbons (Fsp3) is 0.560. The molecule has 8 heteroatoms. The third-order valence-corrected chi connectivity index (χ3v) is 7.68. The molecule has 33 heavy (non-hydrogen) atoms. The number of amides is 1. The van der Waals surface area contributed by atoms with Crippen LogP contribution in [-0.2, 0) is 6.54 Å². The van der Waals surface area contributed by atoms with Crippen LogP contribution in [0, 0.1) is 6.92 Å². The molecular weight excluding hydrogens is 418 g/mol. The van der Waals surface area contributed by atoms with E-state index in [4.69, 9.17) is 5.11 Å². The lowest BCUT2D eigenvalue weighted by Crippen LogP contribution is -2.53. The molecule has 3 aliphatic heterocycles. The molecule has 3 saturated heterocycles. The number of anilines is 1. The van der Waals surface area contributed by atoms with Crippen LogP contribution in [-0.4, -0.2) is 74.9 Å². The quantitative estimate of drug-likeness (QED) is 0.765. The number of nitrogens with zero attached hydrogens (tertiary/aromatic N) is 5. The standard InChI is InChI=1S/C25H33N5O3/c1-19-15-20(17-21(16-19)27-9-2-3-10-27)18-29-11-4-6-25(29)7-13-28(14-8-25)24(33)30-12-5-22(26-30)23(31)32/h5,12,15-17H,2-4,6-11,13-14,18H2,1H3,(H,31,32). The number of carboxylic acid groups (broad SMARTS) is 1. The van der Waals surface area contributed by atoms with Gasteiger partial charge in [-0.2, -0.15) is 9.78 Å². The minimum absolute atomic E-state index is 0.106. The first kappa shape index (κ1) is 21.9. The van der Waals surface area contributed by atoms with Gasteiger partial charge in [0.25, 0.3) is 0 Å². The first-order valence-corrected chi connectivity index (χ1v) is 12.1. The number of carbonyl (C=O) groups excluding carboxylic acids is 1. The molecule has 5 rings (SSSR count). The molecule has 1 N–H and O–H groups in total. The summed E-state index contributed by atoms with van der Waals surface area (Å²) in [7, 11) is 0. The van der Waals surface area contributed by atoms with Gasteiger partial charge >= 0.3 is 12.0 Å². The van der Waals surface area contributed by atoms with Crippen LogP contribution in [0.3, 0.4) is 0 Å². The van der Waals surface area contributed by atoms with Crippen LogP contribution < -0.4 is 4.90 Å². The Bertz CT molecular complexity index is 1030. The van der Waals surface area contributed by atoms with Gasteiger partial charge < -0.3 is 14.9 Å². The van der Waals surface area contributed by atoms with Crippen LogP contribution in [0.15, 0.2) is 30.5 Å².